The van der Waals surface area contributed by atoms with Crippen LogP contribution in [-0.2, 0) is 11.4 Å². The third-order valence-corrected chi connectivity index (χ3v) is 5.85. The predicted octanol–water partition coefficient (Wildman–Crippen LogP) is 4.87. The smallest absolute Gasteiger partial charge is 0.229 e. The molecule has 0 saturated heterocycles. The van der Waals surface area contributed by atoms with E-state index in [1.165, 1.54) is 6.33 Å². The molecule has 1 aliphatic rings. The van der Waals surface area contributed by atoms with Crippen LogP contribution in [0.3, 0.4) is 0 Å². The van der Waals surface area contributed by atoms with Gasteiger partial charge in [0.05, 0.1) is 24.0 Å². The molecule has 10 heteroatoms. The minimum absolute atomic E-state index is 0.126. The Morgan fingerprint density at radius 3 is 2.79 bits per heavy atom. The Morgan fingerprint density at radius 2 is 2.07 bits per heavy atom. The molecule has 1 atom stereocenters. The van der Waals surface area contributed by atoms with Gasteiger partial charge in [0.25, 0.3) is 0 Å². The number of fused-ring (bicyclic) bond motifs is 1. The number of ether oxygens (including phenoxy) is 2. The average Bonchev–Trinajstić information content (AvgIpc) is 3.15. The van der Waals surface area contributed by atoms with E-state index < -0.39 is 0 Å². The molecule has 2 heterocycles. The first-order chi connectivity index (χ1) is 14.0. The molecule has 7 nitrogen and oxygen atoms in total. The van der Waals surface area contributed by atoms with Crippen molar-refractivity contribution < 1.29 is 14.3 Å². The van der Waals surface area contributed by atoms with Crippen LogP contribution in [0.4, 0.5) is 5.95 Å². The van der Waals surface area contributed by atoms with Crippen LogP contribution in [0.2, 0.25) is 10.0 Å². The number of rotatable bonds is 5. The Balaban J connectivity index is 1.66. The number of nitrogens with one attached hydrogen (secondary N) is 1. The van der Waals surface area contributed by atoms with Gasteiger partial charge in [-0.1, -0.05) is 29.3 Å². The normalized spacial score (nSPS) is 15.6. The largest absolute Gasteiger partial charge is 0.493 e. The monoisotopic (exact) mass is 496 g/mol. The molecule has 0 aliphatic carbocycles. The van der Waals surface area contributed by atoms with Crippen LogP contribution in [0.25, 0.3) is 0 Å². The Kier molecular flexibility index (Phi) is 5.67. The van der Waals surface area contributed by atoms with Gasteiger partial charge in [-0.15, -0.1) is 0 Å². The summed E-state index contributed by atoms with van der Waals surface area (Å²) in [5, 5.41) is 7.98. The van der Waals surface area contributed by atoms with E-state index in [0.29, 0.717) is 37.5 Å². The van der Waals surface area contributed by atoms with E-state index in [1.807, 2.05) is 12.1 Å². The molecular formula is C19H15BrCl2N4O3. The Labute approximate surface area is 185 Å². The highest BCUT2D eigenvalue weighted by molar-refractivity contribution is 9.10. The van der Waals surface area contributed by atoms with Crippen molar-refractivity contribution in [3.63, 3.8) is 0 Å². The van der Waals surface area contributed by atoms with E-state index in [9.17, 15) is 4.79 Å². The van der Waals surface area contributed by atoms with Gasteiger partial charge in [0.1, 0.15) is 12.9 Å². The Hall–Kier alpha value is -2.29. The minimum Gasteiger partial charge on any atom is -0.493 e. The second-order valence-corrected chi connectivity index (χ2v) is 7.99. The van der Waals surface area contributed by atoms with Crippen molar-refractivity contribution in [2.45, 2.75) is 19.1 Å². The average molecular weight is 498 g/mol. The molecule has 2 aromatic carbocycles. The molecule has 0 saturated carbocycles. The Bertz CT molecular complexity index is 1070. The zero-order chi connectivity index (χ0) is 20.5. The summed E-state index contributed by atoms with van der Waals surface area (Å²) in [6.45, 7) is 0.172. The SMILES string of the molecule is COc1cc([C@@H]2CC(=O)Nc3ncnn32)cc(Br)c1OCc1c(Cl)cccc1Cl. The van der Waals surface area contributed by atoms with Gasteiger partial charge in [0.2, 0.25) is 11.9 Å². The van der Waals surface area contributed by atoms with Crippen LogP contribution in [0.5, 0.6) is 11.5 Å². The van der Waals surface area contributed by atoms with Crippen LogP contribution in [0.1, 0.15) is 23.6 Å². The number of nitrogens with zero attached hydrogens (tertiary/aromatic N) is 3. The van der Waals surface area contributed by atoms with Gasteiger partial charge in [-0.05, 0) is 45.8 Å². The minimum atomic E-state index is -0.307. The van der Waals surface area contributed by atoms with Gasteiger partial charge in [-0.25, -0.2) is 4.68 Å². The van der Waals surface area contributed by atoms with Crippen LogP contribution >= 0.6 is 39.1 Å². The third kappa shape index (κ3) is 3.92. The number of amides is 1. The molecule has 1 aromatic heterocycles. The molecular weight excluding hydrogens is 483 g/mol. The summed E-state index contributed by atoms with van der Waals surface area (Å²) in [5.74, 6) is 1.30. The highest BCUT2D eigenvalue weighted by atomic mass is 79.9. The molecule has 0 radical (unpaired) electrons. The lowest BCUT2D eigenvalue weighted by Gasteiger charge is -2.25. The molecule has 0 fully saturated rings. The van der Waals surface area contributed by atoms with Crippen molar-refractivity contribution in [1.29, 1.82) is 0 Å². The van der Waals surface area contributed by atoms with Crippen LogP contribution in [0.15, 0.2) is 41.1 Å². The molecule has 1 N–H and O–H groups in total. The quantitative estimate of drug-likeness (QED) is 0.544. The molecule has 0 spiro atoms. The van der Waals surface area contributed by atoms with Gasteiger partial charge in [0, 0.05) is 15.6 Å². The Morgan fingerprint density at radius 1 is 1.31 bits per heavy atom. The van der Waals surface area contributed by atoms with Crippen molar-refractivity contribution >= 4 is 51.0 Å². The summed E-state index contributed by atoms with van der Waals surface area (Å²) in [7, 11) is 1.55. The lowest BCUT2D eigenvalue weighted by molar-refractivity contribution is -0.117. The van der Waals surface area contributed by atoms with Crippen molar-refractivity contribution in [2.75, 3.05) is 12.4 Å². The summed E-state index contributed by atoms with van der Waals surface area (Å²) < 4.78 is 13.8. The molecule has 1 aliphatic heterocycles. The fourth-order valence-corrected chi connectivity index (χ4v) is 4.23. The first-order valence-electron chi connectivity index (χ1n) is 8.60. The maximum Gasteiger partial charge on any atom is 0.229 e. The second-order valence-electron chi connectivity index (χ2n) is 6.32. The van der Waals surface area contributed by atoms with Crippen molar-refractivity contribution in [3.05, 3.63) is 62.3 Å². The van der Waals surface area contributed by atoms with E-state index >= 15 is 0 Å². The van der Waals surface area contributed by atoms with Gasteiger partial charge < -0.3 is 9.47 Å². The number of anilines is 1. The second kappa shape index (κ2) is 8.22. The third-order valence-electron chi connectivity index (χ3n) is 4.56. The van der Waals surface area contributed by atoms with Crippen LogP contribution < -0.4 is 14.8 Å². The maximum atomic E-state index is 12.1. The van der Waals surface area contributed by atoms with Crippen molar-refractivity contribution in [2.24, 2.45) is 0 Å². The maximum absolute atomic E-state index is 12.1. The fourth-order valence-electron chi connectivity index (χ4n) is 3.15. The molecule has 150 valence electrons. The number of benzene rings is 2. The van der Waals surface area contributed by atoms with Gasteiger partial charge in [-0.3, -0.25) is 10.1 Å². The van der Waals surface area contributed by atoms with E-state index in [-0.39, 0.29) is 25.0 Å². The molecule has 0 bridgehead atoms. The van der Waals surface area contributed by atoms with E-state index in [2.05, 4.69) is 31.3 Å². The summed E-state index contributed by atoms with van der Waals surface area (Å²) in [6, 6.07) is 8.68. The molecule has 4 rings (SSSR count). The van der Waals surface area contributed by atoms with Gasteiger partial charge >= 0.3 is 0 Å². The molecule has 1 amide bonds. The van der Waals surface area contributed by atoms with Crippen molar-refractivity contribution in [1.82, 2.24) is 14.8 Å². The number of carbonyl (C=O) groups excluding carboxylic acids is 1. The van der Waals surface area contributed by atoms with Gasteiger partial charge in [0.15, 0.2) is 11.5 Å². The lowest BCUT2D eigenvalue weighted by Crippen LogP contribution is -2.29. The first-order valence-corrected chi connectivity index (χ1v) is 10.1. The molecule has 3 aromatic rings. The van der Waals surface area contributed by atoms with E-state index in [1.54, 1.807) is 30.0 Å². The summed E-state index contributed by atoms with van der Waals surface area (Å²) in [5.41, 5.74) is 1.52. The standard InChI is InChI=1S/C19H15BrCl2N4O3/c1-28-16-6-10(15-7-17(27)25-19-23-9-24-26(15)19)5-12(20)18(16)29-8-11-13(21)3-2-4-14(11)22/h2-6,9,15H,7-8H2,1H3,(H,23,24,25,27)/t15-/m0/s1. The van der Waals surface area contributed by atoms with E-state index in [0.717, 1.165) is 5.56 Å². The van der Waals surface area contributed by atoms with Crippen LogP contribution in [0, 0.1) is 0 Å². The first kappa shape index (κ1) is 20.0. The fraction of sp³-hybridized carbons (Fsp3) is 0.211. The highest BCUT2D eigenvalue weighted by Gasteiger charge is 2.29. The summed E-state index contributed by atoms with van der Waals surface area (Å²) in [4.78, 5) is 16.1. The summed E-state index contributed by atoms with van der Waals surface area (Å²) >= 11 is 16.0. The molecule has 0 unspecified atom stereocenters. The number of carbonyl (C=O) groups is 1. The molecule has 29 heavy (non-hydrogen) atoms. The number of methoxy groups -OCH3 is 1. The highest BCUT2D eigenvalue weighted by Crippen LogP contribution is 2.41. The van der Waals surface area contributed by atoms with Crippen molar-refractivity contribution in [3.8, 4) is 11.5 Å². The predicted molar refractivity (Wildman–Crippen MR) is 113 cm³/mol. The zero-order valence-electron chi connectivity index (χ0n) is 15.2. The summed E-state index contributed by atoms with van der Waals surface area (Å²) in [6.07, 6.45) is 1.65. The zero-order valence-corrected chi connectivity index (χ0v) is 18.3. The van der Waals surface area contributed by atoms with E-state index in [4.69, 9.17) is 32.7 Å². The van der Waals surface area contributed by atoms with Crippen LogP contribution in [-0.4, -0.2) is 27.8 Å². The number of hydrogen-bond acceptors (Lipinski definition) is 5. The number of aromatic nitrogens is 3. The van der Waals surface area contributed by atoms with Gasteiger partial charge in [-0.2, -0.15) is 10.1 Å². The lowest BCUT2D eigenvalue weighted by atomic mass is 10.0. The topological polar surface area (TPSA) is 78.3 Å². The number of hydrogen-bond donors (Lipinski definition) is 1. The number of halogens is 3.